The highest BCUT2D eigenvalue weighted by Crippen LogP contribution is 2.19. The van der Waals surface area contributed by atoms with Gasteiger partial charge in [0, 0.05) is 17.8 Å². The summed E-state index contributed by atoms with van der Waals surface area (Å²) in [6, 6.07) is 0. The van der Waals surface area contributed by atoms with Crippen molar-refractivity contribution in [2.45, 2.75) is 40.2 Å². The predicted molar refractivity (Wildman–Crippen MR) is 78.4 cm³/mol. The van der Waals surface area contributed by atoms with Crippen LogP contribution < -0.4 is 0 Å². The maximum Gasteiger partial charge on any atom is 0.193 e. The quantitative estimate of drug-likeness (QED) is 0.778. The molecule has 5 nitrogen and oxygen atoms in total. The lowest BCUT2D eigenvalue weighted by Crippen LogP contribution is -2.39. The molecule has 0 aliphatic carbocycles. The van der Waals surface area contributed by atoms with Gasteiger partial charge in [-0.05, 0) is 47.2 Å². The van der Waals surface area contributed by atoms with Crippen LogP contribution in [0.2, 0.25) is 0 Å². The number of H-pyrrole nitrogens is 1. The van der Waals surface area contributed by atoms with Gasteiger partial charge in [0.1, 0.15) is 0 Å². The van der Waals surface area contributed by atoms with E-state index in [9.17, 15) is 14.7 Å². The molecule has 0 fully saturated rings. The van der Waals surface area contributed by atoms with Crippen molar-refractivity contribution in [1.29, 1.82) is 0 Å². The topological polar surface area (TPSA) is 73.4 Å². The summed E-state index contributed by atoms with van der Waals surface area (Å²) in [6.45, 7) is 9.07. The Balaban J connectivity index is 2.89. The van der Waals surface area contributed by atoms with E-state index in [1.165, 1.54) is 6.92 Å². The van der Waals surface area contributed by atoms with E-state index in [0.717, 1.165) is 5.69 Å². The molecule has 20 heavy (non-hydrogen) atoms. The molecule has 0 atom stereocenters. The molecule has 0 radical (unpaired) electrons. The number of aromatic nitrogens is 1. The standard InChI is InChI=1S/C15H24N2O3/c1-9-13(11(3)18)10(2)16-14(9)12(19)7-17(6)8-15(4,5)20/h16,20H,7-8H2,1-6H3. The van der Waals surface area contributed by atoms with E-state index < -0.39 is 5.60 Å². The van der Waals surface area contributed by atoms with Crippen LogP contribution in [0.15, 0.2) is 0 Å². The number of likely N-dealkylation sites (N-methyl/N-ethyl adjacent to an activating group) is 1. The van der Waals surface area contributed by atoms with Crippen molar-refractivity contribution >= 4 is 11.6 Å². The van der Waals surface area contributed by atoms with Gasteiger partial charge in [0.05, 0.1) is 17.8 Å². The molecule has 0 spiro atoms. The normalized spacial score (nSPS) is 12.0. The van der Waals surface area contributed by atoms with Crippen molar-refractivity contribution in [3.63, 3.8) is 0 Å². The van der Waals surface area contributed by atoms with E-state index in [2.05, 4.69) is 4.98 Å². The van der Waals surface area contributed by atoms with Crippen LogP contribution in [0.25, 0.3) is 0 Å². The SMILES string of the molecule is CC(=O)c1c(C)[nH]c(C(=O)CN(C)CC(C)(C)O)c1C. The summed E-state index contributed by atoms with van der Waals surface area (Å²) in [5.74, 6) is -0.120. The lowest BCUT2D eigenvalue weighted by Gasteiger charge is -2.24. The molecule has 1 aromatic rings. The minimum absolute atomic E-state index is 0.0415. The van der Waals surface area contributed by atoms with Crippen LogP contribution in [0, 0.1) is 13.8 Å². The van der Waals surface area contributed by atoms with Crippen molar-refractivity contribution in [2.24, 2.45) is 0 Å². The zero-order valence-corrected chi connectivity index (χ0v) is 13.1. The van der Waals surface area contributed by atoms with Gasteiger partial charge in [0.2, 0.25) is 0 Å². The number of rotatable bonds is 6. The Morgan fingerprint density at radius 2 is 1.85 bits per heavy atom. The Morgan fingerprint density at radius 1 is 1.30 bits per heavy atom. The van der Waals surface area contributed by atoms with Gasteiger partial charge in [-0.2, -0.15) is 0 Å². The summed E-state index contributed by atoms with van der Waals surface area (Å²) < 4.78 is 0. The first-order valence-electron chi connectivity index (χ1n) is 6.67. The molecule has 112 valence electrons. The Morgan fingerprint density at radius 3 is 2.25 bits per heavy atom. The lowest BCUT2D eigenvalue weighted by atomic mass is 10.0. The summed E-state index contributed by atoms with van der Waals surface area (Å²) in [5, 5.41) is 9.74. The summed E-state index contributed by atoms with van der Waals surface area (Å²) in [6.07, 6.45) is 0. The van der Waals surface area contributed by atoms with Crippen LogP contribution in [0.3, 0.4) is 0 Å². The first kappa shape index (κ1) is 16.6. The maximum absolute atomic E-state index is 12.3. The van der Waals surface area contributed by atoms with Gasteiger partial charge in [0.15, 0.2) is 11.6 Å². The van der Waals surface area contributed by atoms with E-state index in [1.54, 1.807) is 39.6 Å². The molecule has 0 bridgehead atoms. The fraction of sp³-hybridized carbons (Fsp3) is 0.600. The van der Waals surface area contributed by atoms with Gasteiger partial charge < -0.3 is 10.1 Å². The first-order chi connectivity index (χ1) is 9.03. The molecule has 1 heterocycles. The molecule has 1 rings (SSSR count). The molecule has 0 saturated carbocycles. The molecular formula is C15H24N2O3. The van der Waals surface area contributed by atoms with E-state index >= 15 is 0 Å². The number of nitrogens with zero attached hydrogens (tertiary/aromatic N) is 1. The van der Waals surface area contributed by atoms with Gasteiger partial charge >= 0.3 is 0 Å². The van der Waals surface area contributed by atoms with Crippen LogP contribution in [0.4, 0.5) is 0 Å². The van der Waals surface area contributed by atoms with Gasteiger partial charge in [0.25, 0.3) is 0 Å². The number of hydrogen-bond acceptors (Lipinski definition) is 4. The van der Waals surface area contributed by atoms with Crippen molar-refractivity contribution in [3.05, 3.63) is 22.5 Å². The molecule has 0 aromatic carbocycles. The van der Waals surface area contributed by atoms with E-state index in [0.29, 0.717) is 23.4 Å². The second kappa shape index (κ2) is 5.89. The Hall–Kier alpha value is -1.46. The number of Topliss-reactive ketones (excluding diaryl/α,β-unsaturated/α-hetero) is 2. The molecule has 5 heteroatoms. The summed E-state index contributed by atoms with van der Waals surface area (Å²) in [4.78, 5) is 28.6. The highest BCUT2D eigenvalue weighted by molar-refractivity contribution is 6.03. The van der Waals surface area contributed by atoms with Crippen LogP contribution in [0.1, 0.15) is 52.9 Å². The largest absolute Gasteiger partial charge is 0.389 e. The lowest BCUT2D eigenvalue weighted by molar-refractivity contribution is 0.0438. The fourth-order valence-corrected chi connectivity index (χ4v) is 2.60. The van der Waals surface area contributed by atoms with Crippen molar-refractivity contribution < 1.29 is 14.7 Å². The van der Waals surface area contributed by atoms with Crippen LogP contribution in [0.5, 0.6) is 0 Å². The van der Waals surface area contributed by atoms with Crippen LogP contribution in [-0.4, -0.2) is 52.3 Å². The number of ketones is 2. The summed E-state index contributed by atoms with van der Waals surface area (Å²) in [5.41, 5.74) is 1.66. The van der Waals surface area contributed by atoms with Gasteiger partial charge in [-0.1, -0.05) is 0 Å². The predicted octanol–water partition coefficient (Wildman–Crippen LogP) is 1.72. The maximum atomic E-state index is 12.3. The third kappa shape index (κ3) is 4.02. The van der Waals surface area contributed by atoms with Crippen LogP contribution in [-0.2, 0) is 0 Å². The number of carbonyl (C=O) groups excluding carboxylic acids is 2. The van der Waals surface area contributed by atoms with E-state index in [-0.39, 0.29) is 18.1 Å². The molecular weight excluding hydrogens is 256 g/mol. The number of aliphatic hydroxyl groups is 1. The minimum atomic E-state index is -0.847. The van der Waals surface area contributed by atoms with Crippen molar-refractivity contribution in [1.82, 2.24) is 9.88 Å². The second-order valence-corrected chi connectivity index (χ2v) is 6.09. The molecule has 2 N–H and O–H groups in total. The van der Waals surface area contributed by atoms with Gasteiger partial charge in [-0.25, -0.2) is 0 Å². The van der Waals surface area contributed by atoms with Crippen molar-refractivity contribution in [3.8, 4) is 0 Å². The zero-order chi connectivity index (χ0) is 15.7. The Labute approximate surface area is 120 Å². The highest BCUT2D eigenvalue weighted by atomic mass is 16.3. The number of carbonyl (C=O) groups is 2. The molecule has 0 unspecified atom stereocenters. The average Bonchev–Trinajstić information content (AvgIpc) is 2.50. The van der Waals surface area contributed by atoms with Crippen molar-refractivity contribution in [2.75, 3.05) is 20.1 Å². The Bertz CT molecular complexity index is 524. The highest BCUT2D eigenvalue weighted by Gasteiger charge is 2.22. The average molecular weight is 280 g/mol. The van der Waals surface area contributed by atoms with Gasteiger partial charge in [-0.3, -0.25) is 14.5 Å². The smallest absolute Gasteiger partial charge is 0.193 e. The molecule has 0 saturated heterocycles. The number of hydrogen-bond donors (Lipinski definition) is 2. The van der Waals surface area contributed by atoms with Gasteiger partial charge in [-0.15, -0.1) is 0 Å². The Kier molecular flexibility index (Phi) is 4.89. The molecule has 0 amide bonds. The molecule has 0 aliphatic heterocycles. The van der Waals surface area contributed by atoms with Crippen LogP contribution >= 0.6 is 0 Å². The summed E-state index contributed by atoms with van der Waals surface area (Å²) >= 11 is 0. The number of aryl methyl sites for hydroxylation is 1. The monoisotopic (exact) mass is 280 g/mol. The summed E-state index contributed by atoms with van der Waals surface area (Å²) in [7, 11) is 1.78. The number of aromatic amines is 1. The molecule has 0 aliphatic rings. The number of nitrogens with one attached hydrogen (secondary N) is 1. The molecule has 1 aromatic heterocycles. The van der Waals surface area contributed by atoms with E-state index in [4.69, 9.17) is 0 Å². The zero-order valence-electron chi connectivity index (χ0n) is 13.1. The third-order valence-corrected chi connectivity index (χ3v) is 3.14. The third-order valence-electron chi connectivity index (χ3n) is 3.14. The second-order valence-electron chi connectivity index (χ2n) is 6.09. The first-order valence-corrected chi connectivity index (χ1v) is 6.67. The minimum Gasteiger partial charge on any atom is -0.389 e. The van der Waals surface area contributed by atoms with E-state index in [1.807, 2.05) is 0 Å². The fourth-order valence-electron chi connectivity index (χ4n) is 2.60.